The lowest BCUT2D eigenvalue weighted by molar-refractivity contribution is -0.126. The third-order valence-corrected chi connectivity index (χ3v) is 5.52. The highest BCUT2D eigenvalue weighted by molar-refractivity contribution is 9.12. The van der Waals surface area contributed by atoms with Crippen molar-refractivity contribution in [3.05, 3.63) is 64.2 Å². The highest BCUT2D eigenvalue weighted by Crippen LogP contribution is 2.32. The number of likely N-dealkylation sites (tertiary alicyclic amines) is 1. The molecule has 3 aliphatic rings. The number of benzene rings is 1. The number of amides is 2. The minimum absolute atomic E-state index is 0.0390. The first-order valence-corrected chi connectivity index (χ1v) is 9.28. The summed E-state index contributed by atoms with van der Waals surface area (Å²) in [5, 5.41) is 2.71. The Hall–Kier alpha value is -2.41. The van der Waals surface area contributed by atoms with Gasteiger partial charge in [0.1, 0.15) is 10.6 Å². The van der Waals surface area contributed by atoms with Gasteiger partial charge in [0.15, 0.2) is 0 Å². The van der Waals surface area contributed by atoms with Crippen LogP contribution in [0.3, 0.4) is 0 Å². The number of nitrogens with zero attached hydrogens (tertiary/aromatic N) is 2. The van der Waals surface area contributed by atoms with Crippen LogP contribution in [0.15, 0.2) is 53.1 Å². The van der Waals surface area contributed by atoms with Crippen LogP contribution >= 0.6 is 15.9 Å². The van der Waals surface area contributed by atoms with Crippen LogP contribution in [-0.4, -0.2) is 40.9 Å². The number of carbonyl (C=O) groups excluding carboxylic acids is 2. The van der Waals surface area contributed by atoms with Crippen molar-refractivity contribution in [3.8, 4) is 0 Å². The lowest BCUT2D eigenvalue weighted by Gasteiger charge is -2.36. The summed E-state index contributed by atoms with van der Waals surface area (Å²) in [5.74, 6) is -1.08. The van der Waals surface area contributed by atoms with Gasteiger partial charge in [-0.15, -0.1) is 0 Å². The fourth-order valence-electron chi connectivity index (χ4n) is 3.45. The summed E-state index contributed by atoms with van der Waals surface area (Å²) >= 11 is 2.97. The molecule has 0 bridgehead atoms. The van der Waals surface area contributed by atoms with Crippen molar-refractivity contribution in [2.24, 2.45) is 0 Å². The van der Waals surface area contributed by atoms with Crippen molar-refractivity contribution in [1.29, 1.82) is 0 Å². The second-order valence-electron chi connectivity index (χ2n) is 6.43. The smallest absolute Gasteiger partial charge is 0.271 e. The standard InChI is InChI=1S/C19H17BrFN3O2/c20-15-16(21)22-17-14(4-3-11-24(17)19(15)26)12-5-7-13(8-6-12)18(25)23-9-1-2-10-23/h3-8,11,17,22H,1-2,9-10H2. The summed E-state index contributed by atoms with van der Waals surface area (Å²) in [4.78, 5) is 28.0. The van der Waals surface area contributed by atoms with Gasteiger partial charge in [0.05, 0.1) is 0 Å². The van der Waals surface area contributed by atoms with Gasteiger partial charge < -0.3 is 10.2 Å². The molecule has 134 valence electrons. The Balaban J connectivity index is 1.59. The third kappa shape index (κ3) is 2.86. The summed E-state index contributed by atoms with van der Waals surface area (Å²) in [6.07, 6.45) is 6.68. The maximum atomic E-state index is 14.0. The van der Waals surface area contributed by atoms with E-state index < -0.39 is 18.0 Å². The Bertz CT molecular complexity index is 854. The van der Waals surface area contributed by atoms with E-state index in [9.17, 15) is 14.0 Å². The zero-order valence-electron chi connectivity index (χ0n) is 13.9. The van der Waals surface area contributed by atoms with E-state index in [0.717, 1.165) is 37.1 Å². The van der Waals surface area contributed by atoms with Gasteiger partial charge in [-0.1, -0.05) is 18.2 Å². The molecule has 1 N–H and O–H groups in total. The molecule has 0 spiro atoms. The van der Waals surface area contributed by atoms with Gasteiger partial charge in [-0.05, 0) is 52.5 Å². The average Bonchev–Trinajstić information content (AvgIpc) is 3.20. The SMILES string of the molecule is O=C(c1ccc(C2=CC=CN3C(=O)C(Br)=C(F)NC23)cc1)N1CCCC1. The Kier molecular flexibility index (Phi) is 4.40. The van der Waals surface area contributed by atoms with Gasteiger partial charge in [-0.2, -0.15) is 4.39 Å². The van der Waals surface area contributed by atoms with Gasteiger partial charge in [-0.3, -0.25) is 14.5 Å². The van der Waals surface area contributed by atoms with Crippen LogP contribution in [0, 0.1) is 0 Å². The van der Waals surface area contributed by atoms with E-state index in [1.54, 1.807) is 24.4 Å². The van der Waals surface area contributed by atoms with Crippen molar-refractivity contribution in [2.75, 3.05) is 13.1 Å². The monoisotopic (exact) mass is 417 g/mol. The molecule has 0 aliphatic carbocycles. The van der Waals surface area contributed by atoms with E-state index in [1.807, 2.05) is 23.1 Å². The predicted octanol–water partition coefficient (Wildman–Crippen LogP) is 3.12. The Morgan fingerprint density at radius 1 is 1.19 bits per heavy atom. The number of halogens is 2. The Morgan fingerprint density at radius 3 is 2.58 bits per heavy atom. The predicted molar refractivity (Wildman–Crippen MR) is 99.5 cm³/mol. The van der Waals surface area contributed by atoms with Crippen molar-refractivity contribution in [2.45, 2.75) is 19.0 Å². The summed E-state index contributed by atoms with van der Waals surface area (Å²) in [6.45, 7) is 1.61. The molecular formula is C19H17BrFN3O2. The van der Waals surface area contributed by atoms with E-state index in [1.165, 1.54) is 4.90 Å². The molecule has 1 aromatic carbocycles. The molecule has 3 heterocycles. The van der Waals surface area contributed by atoms with Gasteiger partial charge >= 0.3 is 0 Å². The molecule has 26 heavy (non-hydrogen) atoms. The van der Waals surface area contributed by atoms with Crippen molar-refractivity contribution >= 4 is 33.3 Å². The molecule has 3 aliphatic heterocycles. The van der Waals surface area contributed by atoms with E-state index in [0.29, 0.717) is 5.56 Å². The van der Waals surface area contributed by atoms with Crippen LogP contribution in [0.1, 0.15) is 28.8 Å². The number of fused-ring (bicyclic) bond motifs is 1. The van der Waals surface area contributed by atoms with Crippen molar-refractivity contribution in [1.82, 2.24) is 15.1 Å². The van der Waals surface area contributed by atoms with Crippen molar-refractivity contribution < 1.29 is 14.0 Å². The summed E-state index contributed by atoms with van der Waals surface area (Å²) in [5.41, 5.74) is 2.23. The second-order valence-corrected chi connectivity index (χ2v) is 7.22. The van der Waals surface area contributed by atoms with Gasteiger partial charge in [0.25, 0.3) is 11.8 Å². The van der Waals surface area contributed by atoms with Gasteiger partial charge in [0, 0.05) is 30.4 Å². The molecule has 4 rings (SSSR count). The number of nitrogens with one attached hydrogen (secondary N) is 1. The topological polar surface area (TPSA) is 52.7 Å². The second kappa shape index (κ2) is 6.72. The number of allylic oxidation sites excluding steroid dienone is 2. The van der Waals surface area contributed by atoms with E-state index in [-0.39, 0.29) is 10.4 Å². The van der Waals surface area contributed by atoms with Gasteiger partial charge in [-0.25, -0.2) is 0 Å². The quantitative estimate of drug-likeness (QED) is 0.752. The molecule has 2 amide bonds. The fraction of sp³-hybridized carbons (Fsp3) is 0.263. The minimum atomic E-state index is -0.682. The zero-order chi connectivity index (χ0) is 18.3. The number of carbonyl (C=O) groups is 2. The fourth-order valence-corrected chi connectivity index (χ4v) is 3.77. The number of hydrogen-bond donors (Lipinski definition) is 1. The van der Waals surface area contributed by atoms with Crippen LogP contribution < -0.4 is 5.32 Å². The average molecular weight is 418 g/mol. The minimum Gasteiger partial charge on any atom is -0.339 e. The Labute approximate surface area is 159 Å². The first-order valence-electron chi connectivity index (χ1n) is 8.49. The van der Waals surface area contributed by atoms with Crippen LogP contribution in [0.4, 0.5) is 4.39 Å². The number of rotatable bonds is 2. The van der Waals surface area contributed by atoms with E-state index >= 15 is 0 Å². The summed E-state index contributed by atoms with van der Waals surface area (Å²) < 4.78 is 13.9. The largest absolute Gasteiger partial charge is 0.339 e. The van der Waals surface area contributed by atoms with Crippen molar-refractivity contribution in [3.63, 3.8) is 0 Å². The molecule has 0 aromatic heterocycles. The van der Waals surface area contributed by atoms with Gasteiger partial charge in [0.2, 0.25) is 5.95 Å². The molecule has 1 atom stereocenters. The first-order chi connectivity index (χ1) is 12.6. The Morgan fingerprint density at radius 2 is 1.88 bits per heavy atom. The first kappa shape index (κ1) is 17.0. The molecule has 0 saturated carbocycles. The molecule has 1 unspecified atom stereocenters. The molecular weight excluding hydrogens is 401 g/mol. The van der Waals surface area contributed by atoms with Crippen LogP contribution in [0.5, 0.6) is 0 Å². The van der Waals surface area contributed by atoms with E-state index in [2.05, 4.69) is 21.2 Å². The number of hydrogen-bond acceptors (Lipinski definition) is 3. The highest BCUT2D eigenvalue weighted by Gasteiger charge is 2.35. The van der Waals surface area contributed by atoms with Crippen LogP contribution in [0.2, 0.25) is 0 Å². The molecule has 1 fully saturated rings. The molecule has 5 nitrogen and oxygen atoms in total. The zero-order valence-corrected chi connectivity index (χ0v) is 15.5. The van der Waals surface area contributed by atoms with E-state index in [4.69, 9.17) is 0 Å². The lowest BCUT2D eigenvalue weighted by Crippen LogP contribution is -2.50. The lowest BCUT2D eigenvalue weighted by atomic mass is 9.97. The molecule has 1 aromatic rings. The molecule has 7 heteroatoms. The maximum Gasteiger partial charge on any atom is 0.271 e. The normalized spacial score (nSPS) is 22.3. The summed E-state index contributed by atoms with van der Waals surface area (Å²) in [7, 11) is 0. The van der Waals surface area contributed by atoms with Crippen LogP contribution in [-0.2, 0) is 4.79 Å². The third-order valence-electron chi connectivity index (χ3n) is 4.83. The maximum absolute atomic E-state index is 14.0. The highest BCUT2D eigenvalue weighted by atomic mass is 79.9. The summed E-state index contributed by atoms with van der Waals surface area (Å²) in [6, 6.07) is 7.24. The van der Waals surface area contributed by atoms with Crippen LogP contribution in [0.25, 0.3) is 5.57 Å². The molecule has 0 radical (unpaired) electrons. The molecule has 1 saturated heterocycles.